The second kappa shape index (κ2) is 10.2. The van der Waals surface area contributed by atoms with Crippen molar-refractivity contribution in [2.75, 3.05) is 18.4 Å². The first kappa shape index (κ1) is 21.8. The number of amides is 2. The van der Waals surface area contributed by atoms with Gasteiger partial charge in [-0.3, -0.25) is 14.6 Å². The number of aromatic nitrogens is 1. The number of pyridine rings is 1. The third-order valence-corrected chi connectivity index (χ3v) is 5.58. The van der Waals surface area contributed by atoms with E-state index in [1.807, 2.05) is 36.1 Å². The molecule has 1 aliphatic heterocycles. The second-order valence-corrected chi connectivity index (χ2v) is 8.03. The van der Waals surface area contributed by atoms with Crippen LogP contribution in [0.5, 0.6) is 5.75 Å². The minimum Gasteiger partial charge on any atom is -0.480 e. The summed E-state index contributed by atoms with van der Waals surface area (Å²) in [6, 6.07) is 11.5. The number of carbonyl (C=O) groups excluding carboxylic acids is 2. The number of piperidine rings is 1. The van der Waals surface area contributed by atoms with E-state index in [2.05, 4.69) is 24.1 Å². The first-order valence-electron chi connectivity index (χ1n) is 10.7. The van der Waals surface area contributed by atoms with E-state index in [0.29, 0.717) is 38.3 Å². The van der Waals surface area contributed by atoms with E-state index in [1.165, 1.54) is 0 Å². The highest BCUT2D eigenvalue weighted by atomic mass is 16.5. The lowest BCUT2D eigenvalue weighted by atomic mass is 9.95. The molecule has 6 nitrogen and oxygen atoms in total. The molecule has 0 aliphatic carbocycles. The molecule has 160 valence electrons. The van der Waals surface area contributed by atoms with Crippen LogP contribution in [-0.2, 0) is 9.59 Å². The van der Waals surface area contributed by atoms with Gasteiger partial charge in [0.2, 0.25) is 5.91 Å². The third kappa shape index (κ3) is 5.38. The van der Waals surface area contributed by atoms with Crippen LogP contribution in [0.25, 0.3) is 0 Å². The molecular formula is C24H31N3O3. The van der Waals surface area contributed by atoms with Crippen molar-refractivity contribution in [2.24, 2.45) is 5.92 Å². The Hall–Kier alpha value is -2.89. The molecular weight excluding hydrogens is 378 g/mol. The van der Waals surface area contributed by atoms with Crippen LogP contribution in [0.2, 0.25) is 0 Å². The molecule has 0 saturated carbocycles. The molecule has 1 unspecified atom stereocenters. The van der Waals surface area contributed by atoms with Gasteiger partial charge in [-0.05, 0) is 48.9 Å². The fourth-order valence-corrected chi connectivity index (χ4v) is 3.77. The molecule has 0 spiro atoms. The number of benzene rings is 1. The lowest BCUT2D eigenvalue weighted by Gasteiger charge is -2.33. The fraction of sp³-hybridized carbons (Fsp3) is 0.458. The molecule has 1 aromatic carbocycles. The number of carbonyl (C=O) groups is 2. The number of likely N-dealkylation sites (tertiary alicyclic amines) is 1. The number of anilines is 1. The van der Waals surface area contributed by atoms with Crippen LogP contribution in [0.3, 0.4) is 0 Å². The average molecular weight is 410 g/mol. The topological polar surface area (TPSA) is 71.5 Å². The molecule has 3 rings (SSSR count). The standard InChI is InChI=1S/C24H31N3O3/c1-4-21(30-22-8-6-5-7-20(22)17(2)3)24(29)27-15-11-18(12-16-27)23(28)26-19-9-13-25-14-10-19/h5-10,13-14,17-18,21H,4,11-12,15-16H2,1-3H3,(H,25,26,28). The van der Waals surface area contributed by atoms with Gasteiger partial charge in [-0.2, -0.15) is 0 Å². The average Bonchev–Trinajstić information content (AvgIpc) is 2.78. The molecule has 1 atom stereocenters. The monoisotopic (exact) mass is 409 g/mol. The summed E-state index contributed by atoms with van der Waals surface area (Å²) in [4.78, 5) is 31.4. The van der Waals surface area contributed by atoms with Gasteiger partial charge >= 0.3 is 0 Å². The second-order valence-electron chi connectivity index (χ2n) is 8.03. The van der Waals surface area contributed by atoms with Crippen molar-refractivity contribution < 1.29 is 14.3 Å². The SMILES string of the molecule is CCC(Oc1ccccc1C(C)C)C(=O)N1CCC(C(=O)Nc2ccncc2)CC1. The number of ether oxygens (including phenoxy) is 1. The van der Waals surface area contributed by atoms with Gasteiger partial charge in [-0.15, -0.1) is 0 Å². The maximum atomic E-state index is 13.1. The molecule has 1 N–H and O–H groups in total. The van der Waals surface area contributed by atoms with Crippen molar-refractivity contribution in [3.8, 4) is 5.75 Å². The summed E-state index contributed by atoms with van der Waals surface area (Å²) in [5.41, 5.74) is 1.85. The Bertz CT molecular complexity index is 846. The quantitative estimate of drug-likeness (QED) is 0.742. The summed E-state index contributed by atoms with van der Waals surface area (Å²) in [7, 11) is 0. The summed E-state index contributed by atoms with van der Waals surface area (Å²) in [6.07, 6.45) is 4.71. The van der Waals surface area contributed by atoms with E-state index in [9.17, 15) is 9.59 Å². The zero-order chi connectivity index (χ0) is 21.5. The Kier molecular flexibility index (Phi) is 7.44. The number of nitrogens with one attached hydrogen (secondary N) is 1. The Morgan fingerprint density at radius 1 is 1.13 bits per heavy atom. The van der Waals surface area contributed by atoms with Crippen LogP contribution in [0, 0.1) is 5.92 Å². The van der Waals surface area contributed by atoms with Gasteiger partial charge in [-0.25, -0.2) is 0 Å². The molecule has 0 radical (unpaired) electrons. The molecule has 1 aromatic heterocycles. The van der Waals surface area contributed by atoms with E-state index in [4.69, 9.17) is 4.74 Å². The van der Waals surface area contributed by atoms with Gasteiger partial charge in [0, 0.05) is 37.1 Å². The fourth-order valence-electron chi connectivity index (χ4n) is 3.77. The van der Waals surface area contributed by atoms with Crippen molar-refractivity contribution in [1.82, 2.24) is 9.88 Å². The Balaban J connectivity index is 1.56. The van der Waals surface area contributed by atoms with Crippen molar-refractivity contribution >= 4 is 17.5 Å². The number of rotatable bonds is 7. The van der Waals surface area contributed by atoms with E-state index in [0.717, 1.165) is 17.0 Å². The van der Waals surface area contributed by atoms with E-state index in [1.54, 1.807) is 24.5 Å². The van der Waals surface area contributed by atoms with Crippen molar-refractivity contribution in [2.45, 2.75) is 52.1 Å². The van der Waals surface area contributed by atoms with Crippen LogP contribution in [0.4, 0.5) is 5.69 Å². The summed E-state index contributed by atoms with van der Waals surface area (Å²) in [5.74, 6) is 1.01. The first-order chi connectivity index (χ1) is 14.5. The van der Waals surface area contributed by atoms with E-state index < -0.39 is 6.10 Å². The van der Waals surface area contributed by atoms with Gasteiger partial charge < -0.3 is 15.0 Å². The normalized spacial score (nSPS) is 15.7. The van der Waals surface area contributed by atoms with E-state index >= 15 is 0 Å². The first-order valence-corrected chi connectivity index (χ1v) is 10.7. The predicted octanol–water partition coefficient (Wildman–Crippen LogP) is 4.24. The molecule has 1 fully saturated rings. The molecule has 2 aromatic rings. The van der Waals surface area contributed by atoms with Crippen molar-refractivity contribution in [3.63, 3.8) is 0 Å². The molecule has 2 heterocycles. The molecule has 1 saturated heterocycles. The highest BCUT2D eigenvalue weighted by Gasteiger charge is 2.31. The third-order valence-electron chi connectivity index (χ3n) is 5.58. The number of hydrogen-bond acceptors (Lipinski definition) is 4. The maximum absolute atomic E-state index is 13.1. The highest BCUT2D eigenvalue weighted by molar-refractivity contribution is 5.92. The smallest absolute Gasteiger partial charge is 0.263 e. The Morgan fingerprint density at radius 2 is 1.80 bits per heavy atom. The minimum absolute atomic E-state index is 0.00227. The van der Waals surface area contributed by atoms with Crippen LogP contribution >= 0.6 is 0 Å². The lowest BCUT2D eigenvalue weighted by Crippen LogP contribution is -2.47. The zero-order valence-electron chi connectivity index (χ0n) is 18.0. The number of hydrogen-bond donors (Lipinski definition) is 1. The van der Waals surface area contributed by atoms with Crippen LogP contribution in [0.15, 0.2) is 48.8 Å². The summed E-state index contributed by atoms with van der Waals surface area (Å²) >= 11 is 0. The molecule has 6 heteroatoms. The molecule has 2 amide bonds. The van der Waals surface area contributed by atoms with Crippen LogP contribution < -0.4 is 10.1 Å². The summed E-state index contributed by atoms with van der Waals surface area (Å²) < 4.78 is 6.15. The Labute approximate surface area is 178 Å². The molecule has 0 bridgehead atoms. The van der Waals surface area contributed by atoms with Gasteiger partial charge in [0.05, 0.1) is 0 Å². The summed E-state index contributed by atoms with van der Waals surface area (Å²) in [5, 5.41) is 2.93. The highest BCUT2D eigenvalue weighted by Crippen LogP contribution is 2.28. The van der Waals surface area contributed by atoms with Gasteiger partial charge in [0.25, 0.3) is 5.91 Å². The van der Waals surface area contributed by atoms with E-state index in [-0.39, 0.29) is 17.7 Å². The lowest BCUT2D eigenvalue weighted by molar-refractivity contribution is -0.141. The van der Waals surface area contributed by atoms with Gasteiger partial charge in [0.1, 0.15) is 5.75 Å². The summed E-state index contributed by atoms with van der Waals surface area (Å²) in [6.45, 7) is 7.34. The van der Waals surface area contributed by atoms with Crippen LogP contribution in [0.1, 0.15) is 51.5 Å². The zero-order valence-corrected chi connectivity index (χ0v) is 18.0. The van der Waals surface area contributed by atoms with Gasteiger partial charge in [0.15, 0.2) is 6.10 Å². The minimum atomic E-state index is -0.507. The maximum Gasteiger partial charge on any atom is 0.263 e. The molecule has 30 heavy (non-hydrogen) atoms. The Morgan fingerprint density at radius 3 is 2.43 bits per heavy atom. The number of para-hydroxylation sites is 1. The van der Waals surface area contributed by atoms with Crippen LogP contribution in [-0.4, -0.2) is 40.9 Å². The largest absolute Gasteiger partial charge is 0.480 e. The van der Waals surface area contributed by atoms with Crippen molar-refractivity contribution in [1.29, 1.82) is 0 Å². The van der Waals surface area contributed by atoms with Gasteiger partial charge in [-0.1, -0.05) is 39.0 Å². The number of nitrogens with zero attached hydrogens (tertiary/aromatic N) is 2. The molecule has 1 aliphatic rings. The predicted molar refractivity (Wildman–Crippen MR) is 117 cm³/mol. The van der Waals surface area contributed by atoms with Crippen molar-refractivity contribution in [3.05, 3.63) is 54.4 Å².